The summed E-state index contributed by atoms with van der Waals surface area (Å²) in [6.07, 6.45) is 0.876. The third-order valence-electron chi connectivity index (χ3n) is 5.72. The number of fused-ring (bicyclic) bond motifs is 1. The number of nitrogens with zero attached hydrogens (tertiary/aromatic N) is 3. The summed E-state index contributed by atoms with van der Waals surface area (Å²) in [4.78, 5) is 28.8. The smallest absolute Gasteiger partial charge is 0.321 e. The number of carbonyl (C=O) groups excluding carboxylic acids is 2. The number of hydrogen-bond donors (Lipinski definition) is 3. The van der Waals surface area contributed by atoms with Crippen LogP contribution in [0.2, 0.25) is 0 Å². The Morgan fingerprint density at radius 3 is 2.63 bits per heavy atom. The molecule has 1 aromatic carbocycles. The molecule has 8 nitrogen and oxygen atoms in total. The van der Waals surface area contributed by atoms with Crippen LogP contribution in [0.5, 0.6) is 0 Å². The minimum atomic E-state index is -0.853. The van der Waals surface area contributed by atoms with E-state index in [4.69, 9.17) is 0 Å². The van der Waals surface area contributed by atoms with Gasteiger partial charge in [-0.05, 0) is 38.8 Å². The molecule has 4 rings (SSSR count). The minimum absolute atomic E-state index is 0.170. The zero-order chi connectivity index (χ0) is 21.6. The molecule has 3 N–H and O–H groups in total. The second-order valence-electron chi connectivity index (χ2n) is 8.21. The van der Waals surface area contributed by atoms with Crippen molar-refractivity contribution >= 4 is 17.8 Å². The van der Waals surface area contributed by atoms with E-state index >= 15 is 0 Å². The van der Waals surface area contributed by atoms with E-state index in [0.29, 0.717) is 30.3 Å². The number of rotatable bonds is 2. The lowest BCUT2D eigenvalue weighted by atomic mass is 10.0. The van der Waals surface area contributed by atoms with Crippen molar-refractivity contribution in [3.8, 4) is 0 Å². The molecule has 1 fully saturated rings. The van der Waals surface area contributed by atoms with E-state index in [1.165, 1.54) is 0 Å². The molecular formula is C20H23F2N5O3. The molecule has 1 aromatic heterocycles. The summed E-state index contributed by atoms with van der Waals surface area (Å²) in [6.45, 7) is 4.79. The van der Waals surface area contributed by atoms with Crippen LogP contribution in [0.1, 0.15) is 48.3 Å². The number of nitrogens with one attached hydrogen (secondary N) is 2. The topological polar surface area (TPSA) is 102 Å². The zero-order valence-electron chi connectivity index (χ0n) is 16.7. The van der Waals surface area contributed by atoms with Gasteiger partial charge in [-0.15, -0.1) is 0 Å². The molecule has 0 bridgehead atoms. The number of aliphatic hydroxyl groups excluding tert-OH is 1. The SMILES string of the molecule is CC1(C)c2[nH]nc(NC(=O)c3cc(F)cc(F)c3)c2CN1C(=O)N1CCCC(O)C1. The van der Waals surface area contributed by atoms with Gasteiger partial charge in [-0.25, -0.2) is 13.6 Å². The molecule has 0 aliphatic carbocycles. The van der Waals surface area contributed by atoms with Crippen LogP contribution in [0.3, 0.4) is 0 Å². The van der Waals surface area contributed by atoms with Gasteiger partial charge >= 0.3 is 6.03 Å². The number of aromatic amines is 1. The van der Waals surface area contributed by atoms with Crippen LogP contribution in [-0.2, 0) is 12.1 Å². The number of aromatic nitrogens is 2. The molecule has 2 aliphatic rings. The molecule has 30 heavy (non-hydrogen) atoms. The minimum Gasteiger partial charge on any atom is -0.391 e. The van der Waals surface area contributed by atoms with Gasteiger partial charge in [0.2, 0.25) is 0 Å². The van der Waals surface area contributed by atoms with E-state index in [2.05, 4.69) is 15.5 Å². The van der Waals surface area contributed by atoms with E-state index in [-0.39, 0.29) is 30.5 Å². The first-order valence-corrected chi connectivity index (χ1v) is 9.76. The highest BCUT2D eigenvalue weighted by Gasteiger charge is 2.45. The Morgan fingerprint density at radius 1 is 1.27 bits per heavy atom. The molecule has 1 atom stereocenters. The summed E-state index contributed by atoms with van der Waals surface area (Å²) in [5.74, 6) is -2.20. The summed E-state index contributed by atoms with van der Waals surface area (Å²) in [5.41, 5.74) is 0.428. The number of aliphatic hydroxyl groups is 1. The van der Waals surface area contributed by atoms with E-state index < -0.39 is 29.2 Å². The molecule has 0 radical (unpaired) electrons. The number of amides is 3. The van der Waals surface area contributed by atoms with Gasteiger partial charge in [-0.3, -0.25) is 9.89 Å². The van der Waals surface area contributed by atoms with Gasteiger partial charge in [0.25, 0.3) is 5.91 Å². The molecule has 2 aromatic rings. The predicted octanol–water partition coefficient (Wildman–Crippen LogP) is 2.57. The molecule has 0 spiro atoms. The standard InChI is InChI=1S/C20H23F2N5O3/c1-20(2)16-15(10-27(20)19(30)26-5-3-4-14(28)9-26)17(25-24-16)23-18(29)11-6-12(21)8-13(22)7-11/h6-8,14,28H,3-5,9-10H2,1-2H3,(H2,23,24,25,29). The first-order chi connectivity index (χ1) is 14.2. The molecule has 1 saturated heterocycles. The van der Waals surface area contributed by atoms with Crippen molar-refractivity contribution in [3.63, 3.8) is 0 Å². The Balaban J connectivity index is 1.55. The number of likely N-dealkylation sites (tertiary alicyclic amines) is 1. The van der Waals surface area contributed by atoms with Crippen molar-refractivity contribution in [1.82, 2.24) is 20.0 Å². The van der Waals surface area contributed by atoms with Crippen molar-refractivity contribution < 1.29 is 23.5 Å². The predicted molar refractivity (Wildman–Crippen MR) is 104 cm³/mol. The Morgan fingerprint density at radius 2 is 1.97 bits per heavy atom. The van der Waals surface area contributed by atoms with Crippen molar-refractivity contribution in [2.24, 2.45) is 0 Å². The number of H-pyrrole nitrogens is 1. The average Bonchev–Trinajstić information content (AvgIpc) is 3.19. The molecule has 1 unspecified atom stereocenters. The maximum absolute atomic E-state index is 13.4. The quantitative estimate of drug-likeness (QED) is 0.696. The second-order valence-corrected chi connectivity index (χ2v) is 8.21. The number of hydrogen-bond acceptors (Lipinski definition) is 4. The molecule has 3 amide bonds. The van der Waals surface area contributed by atoms with E-state index in [9.17, 15) is 23.5 Å². The fraction of sp³-hybridized carbons (Fsp3) is 0.450. The number of urea groups is 1. The highest BCUT2D eigenvalue weighted by atomic mass is 19.1. The van der Waals surface area contributed by atoms with Gasteiger partial charge in [0, 0.05) is 30.3 Å². The van der Waals surface area contributed by atoms with Gasteiger partial charge in [-0.2, -0.15) is 5.10 Å². The van der Waals surface area contributed by atoms with Crippen LogP contribution in [0.4, 0.5) is 19.4 Å². The summed E-state index contributed by atoms with van der Waals surface area (Å²) >= 11 is 0. The van der Waals surface area contributed by atoms with E-state index in [1.807, 2.05) is 13.8 Å². The summed E-state index contributed by atoms with van der Waals surface area (Å²) in [5, 5.41) is 19.5. The Labute approximate surface area is 171 Å². The maximum atomic E-state index is 13.4. The number of β-amino-alcohol motifs (C(OH)–C–C–N with tert-alkyl or cyclic N) is 1. The van der Waals surface area contributed by atoms with Crippen molar-refractivity contribution in [2.45, 2.75) is 44.9 Å². The summed E-state index contributed by atoms with van der Waals surface area (Å²) < 4.78 is 26.8. The van der Waals surface area contributed by atoms with E-state index in [0.717, 1.165) is 18.6 Å². The van der Waals surface area contributed by atoms with Crippen molar-refractivity contribution in [1.29, 1.82) is 0 Å². The highest BCUT2D eigenvalue weighted by Crippen LogP contribution is 2.41. The zero-order valence-corrected chi connectivity index (χ0v) is 16.7. The number of halogens is 2. The third-order valence-corrected chi connectivity index (χ3v) is 5.72. The van der Waals surface area contributed by atoms with Gasteiger partial charge in [-0.1, -0.05) is 0 Å². The van der Waals surface area contributed by atoms with Crippen molar-refractivity contribution in [2.75, 3.05) is 18.4 Å². The van der Waals surface area contributed by atoms with Crippen LogP contribution in [-0.4, -0.2) is 56.2 Å². The van der Waals surface area contributed by atoms with Crippen LogP contribution >= 0.6 is 0 Å². The van der Waals surface area contributed by atoms with Crippen molar-refractivity contribution in [3.05, 3.63) is 46.7 Å². The Hall–Kier alpha value is -3.01. The van der Waals surface area contributed by atoms with E-state index in [1.54, 1.807) is 9.80 Å². The highest BCUT2D eigenvalue weighted by molar-refractivity contribution is 6.04. The first-order valence-electron chi connectivity index (χ1n) is 9.76. The lowest BCUT2D eigenvalue weighted by Gasteiger charge is -2.38. The molecule has 3 heterocycles. The van der Waals surface area contributed by atoms with Gasteiger partial charge < -0.3 is 20.2 Å². The van der Waals surface area contributed by atoms with Gasteiger partial charge in [0.15, 0.2) is 5.82 Å². The summed E-state index contributed by atoms with van der Waals surface area (Å²) in [6, 6.07) is 2.36. The fourth-order valence-electron chi connectivity index (χ4n) is 4.09. The molecule has 160 valence electrons. The third kappa shape index (κ3) is 3.51. The van der Waals surface area contributed by atoms with Crippen LogP contribution in [0.25, 0.3) is 0 Å². The lowest BCUT2D eigenvalue weighted by molar-refractivity contribution is 0.0552. The second kappa shape index (κ2) is 7.35. The number of benzene rings is 1. The van der Waals surface area contributed by atoms with Gasteiger partial charge in [0.05, 0.1) is 23.9 Å². The molecule has 10 heteroatoms. The Kier molecular flexibility index (Phi) is 4.97. The summed E-state index contributed by atoms with van der Waals surface area (Å²) in [7, 11) is 0. The van der Waals surface area contributed by atoms with Crippen LogP contribution < -0.4 is 5.32 Å². The molecule has 2 aliphatic heterocycles. The largest absolute Gasteiger partial charge is 0.391 e. The van der Waals surface area contributed by atoms with Gasteiger partial charge in [0.1, 0.15) is 11.6 Å². The molecular weight excluding hydrogens is 396 g/mol. The average molecular weight is 419 g/mol. The molecule has 0 saturated carbocycles. The van der Waals surface area contributed by atoms with Crippen LogP contribution in [0, 0.1) is 11.6 Å². The lowest BCUT2D eigenvalue weighted by Crippen LogP contribution is -2.52. The number of anilines is 1. The number of carbonyl (C=O) groups is 2. The first kappa shape index (κ1) is 20.3. The normalized spacial score (nSPS) is 20.2. The Bertz CT molecular complexity index is 986. The maximum Gasteiger partial charge on any atom is 0.321 e. The number of piperidine rings is 1. The monoisotopic (exact) mass is 419 g/mol. The fourth-order valence-corrected chi connectivity index (χ4v) is 4.09. The van der Waals surface area contributed by atoms with Crippen LogP contribution in [0.15, 0.2) is 18.2 Å².